The maximum atomic E-state index is 12.5. The van der Waals surface area contributed by atoms with Crippen LogP contribution in [0.2, 0.25) is 5.02 Å². The lowest BCUT2D eigenvalue weighted by molar-refractivity contribution is 0.0621. The molecule has 1 aromatic rings. The van der Waals surface area contributed by atoms with Crippen molar-refractivity contribution < 1.29 is 4.79 Å². The molecule has 1 heterocycles. The van der Waals surface area contributed by atoms with Gasteiger partial charge in [-0.2, -0.15) is 0 Å². The van der Waals surface area contributed by atoms with Crippen molar-refractivity contribution >= 4 is 34.7 Å². The third kappa shape index (κ3) is 3.73. The average molecular weight is 326 g/mol. The number of hydrogen-bond acceptors (Lipinski definition) is 3. The fraction of sp³-hybridized carbons (Fsp3) is 0.467. The second kappa shape index (κ2) is 6.73. The number of hydrogen-bond donors (Lipinski definition) is 1. The predicted octanol–water partition coefficient (Wildman–Crippen LogP) is 2.08. The highest BCUT2D eigenvalue weighted by Crippen LogP contribution is 2.18. The van der Waals surface area contributed by atoms with Crippen molar-refractivity contribution in [3.8, 4) is 0 Å². The summed E-state index contributed by atoms with van der Waals surface area (Å²) in [5, 5.41) is 0.626. The molecule has 2 rings (SSSR count). The Kier molecular flexibility index (Phi) is 5.19. The number of carbonyl (C=O) groups is 1. The van der Waals surface area contributed by atoms with Crippen molar-refractivity contribution in [2.75, 3.05) is 26.2 Å². The minimum Gasteiger partial charge on any atom is -0.392 e. The van der Waals surface area contributed by atoms with Crippen LogP contribution in [0.5, 0.6) is 0 Å². The molecule has 6 heteroatoms. The smallest absolute Gasteiger partial charge is 0.253 e. The Hall–Kier alpha value is -1.17. The first-order chi connectivity index (χ1) is 9.90. The van der Waals surface area contributed by atoms with Crippen LogP contribution >= 0.6 is 23.8 Å². The lowest BCUT2D eigenvalue weighted by Crippen LogP contribution is -2.53. The topological polar surface area (TPSA) is 49.6 Å². The van der Waals surface area contributed by atoms with Crippen LogP contribution in [0.4, 0.5) is 0 Å². The SMILES string of the molecule is Cc1ccc(C(=O)N2CCN(C(C)C(N)=S)CC2)cc1Cl. The number of benzene rings is 1. The van der Waals surface area contributed by atoms with E-state index in [1.54, 1.807) is 6.07 Å². The third-order valence-electron chi connectivity index (χ3n) is 3.98. The Balaban J connectivity index is 2.00. The van der Waals surface area contributed by atoms with Crippen molar-refractivity contribution in [3.05, 3.63) is 34.3 Å². The highest BCUT2D eigenvalue weighted by molar-refractivity contribution is 7.80. The molecular weight excluding hydrogens is 306 g/mol. The summed E-state index contributed by atoms with van der Waals surface area (Å²) in [7, 11) is 0. The van der Waals surface area contributed by atoms with Crippen LogP contribution in [0.1, 0.15) is 22.8 Å². The molecule has 1 aliphatic heterocycles. The molecule has 0 aromatic heterocycles. The number of amides is 1. The van der Waals surface area contributed by atoms with Crippen LogP contribution in [0.25, 0.3) is 0 Å². The second-order valence-electron chi connectivity index (χ2n) is 5.37. The van der Waals surface area contributed by atoms with E-state index < -0.39 is 0 Å². The van der Waals surface area contributed by atoms with Crippen molar-refractivity contribution in [2.24, 2.45) is 5.73 Å². The van der Waals surface area contributed by atoms with Crippen molar-refractivity contribution in [3.63, 3.8) is 0 Å². The van der Waals surface area contributed by atoms with E-state index in [1.165, 1.54) is 0 Å². The zero-order valence-corrected chi connectivity index (χ0v) is 13.9. The van der Waals surface area contributed by atoms with E-state index in [-0.39, 0.29) is 11.9 Å². The highest BCUT2D eigenvalue weighted by atomic mass is 35.5. The molecule has 1 aromatic carbocycles. The van der Waals surface area contributed by atoms with E-state index >= 15 is 0 Å². The Labute approximate surface area is 135 Å². The molecule has 114 valence electrons. The van der Waals surface area contributed by atoms with Gasteiger partial charge in [-0.05, 0) is 31.5 Å². The van der Waals surface area contributed by atoms with Crippen LogP contribution in [0.15, 0.2) is 18.2 Å². The molecule has 0 spiro atoms. The van der Waals surface area contributed by atoms with Gasteiger partial charge in [-0.1, -0.05) is 29.9 Å². The number of carbonyl (C=O) groups excluding carboxylic acids is 1. The molecule has 1 saturated heterocycles. The van der Waals surface area contributed by atoms with Crippen molar-refractivity contribution in [2.45, 2.75) is 19.9 Å². The maximum absolute atomic E-state index is 12.5. The lowest BCUT2D eigenvalue weighted by atomic mass is 10.1. The molecule has 1 fully saturated rings. The molecule has 0 aliphatic carbocycles. The van der Waals surface area contributed by atoms with Crippen LogP contribution in [-0.4, -0.2) is 52.9 Å². The Morgan fingerprint density at radius 3 is 2.48 bits per heavy atom. The van der Waals surface area contributed by atoms with Gasteiger partial charge in [0, 0.05) is 36.8 Å². The van der Waals surface area contributed by atoms with E-state index in [4.69, 9.17) is 29.6 Å². The first-order valence-corrected chi connectivity index (χ1v) is 7.77. The van der Waals surface area contributed by atoms with Crippen molar-refractivity contribution in [1.82, 2.24) is 9.80 Å². The van der Waals surface area contributed by atoms with Gasteiger partial charge in [0.05, 0.1) is 11.0 Å². The van der Waals surface area contributed by atoms with Crippen LogP contribution < -0.4 is 5.73 Å². The van der Waals surface area contributed by atoms with Gasteiger partial charge in [-0.15, -0.1) is 0 Å². The molecule has 4 nitrogen and oxygen atoms in total. The van der Waals surface area contributed by atoms with Crippen LogP contribution in [0.3, 0.4) is 0 Å². The van der Waals surface area contributed by atoms with Gasteiger partial charge < -0.3 is 10.6 Å². The van der Waals surface area contributed by atoms with Crippen LogP contribution in [0, 0.1) is 6.92 Å². The minimum atomic E-state index is 0.0273. The molecule has 0 saturated carbocycles. The maximum Gasteiger partial charge on any atom is 0.253 e. The zero-order chi connectivity index (χ0) is 15.6. The van der Waals surface area contributed by atoms with Crippen LogP contribution in [-0.2, 0) is 0 Å². The second-order valence-corrected chi connectivity index (χ2v) is 6.25. The molecule has 1 atom stereocenters. The summed E-state index contributed by atoms with van der Waals surface area (Å²) in [5.41, 5.74) is 7.29. The summed E-state index contributed by atoms with van der Waals surface area (Å²) in [5.74, 6) is 0.0273. The largest absolute Gasteiger partial charge is 0.392 e. The van der Waals surface area contributed by atoms with Gasteiger partial charge in [-0.3, -0.25) is 9.69 Å². The molecule has 21 heavy (non-hydrogen) atoms. The number of aryl methyl sites for hydroxylation is 1. The summed E-state index contributed by atoms with van der Waals surface area (Å²) >= 11 is 11.1. The molecule has 1 amide bonds. The Morgan fingerprint density at radius 1 is 1.33 bits per heavy atom. The average Bonchev–Trinajstić information content (AvgIpc) is 2.48. The number of nitrogens with zero attached hydrogens (tertiary/aromatic N) is 2. The summed E-state index contributed by atoms with van der Waals surface area (Å²) in [6.07, 6.45) is 0. The van der Waals surface area contributed by atoms with Gasteiger partial charge in [0.2, 0.25) is 0 Å². The summed E-state index contributed by atoms with van der Waals surface area (Å²) in [4.78, 5) is 17.0. The summed E-state index contributed by atoms with van der Waals surface area (Å²) in [6.45, 7) is 6.84. The number of rotatable bonds is 3. The van der Waals surface area contributed by atoms with E-state index in [1.807, 2.05) is 30.9 Å². The fourth-order valence-corrected chi connectivity index (χ4v) is 2.73. The fourth-order valence-electron chi connectivity index (χ4n) is 2.40. The molecule has 0 bridgehead atoms. The summed E-state index contributed by atoms with van der Waals surface area (Å²) < 4.78 is 0. The van der Waals surface area contributed by atoms with E-state index in [0.29, 0.717) is 28.7 Å². The third-order valence-corrected chi connectivity index (χ3v) is 4.73. The Bertz CT molecular complexity index is 556. The van der Waals surface area contributed by atoms with Gasteiger partial charge in [0.15, 0.2) is 0 Å². The number of nitrogens with two attached hydrogens (primary N) is 1. The standard InChI is InChI=1S/C15H20ClN3OS/c1-10-3-4-12(9-13(10)16)15(20)19-7-5-18(6-8-19)11(2)14(17)21/h3-4,9,11H,5-8H2,1-2H3,(H2,17,21). The number of thiocarbonyl (C=S) groups is 1. The van der Waals surface area contributed by atoms with Gasteiger partial charge in [-0.25, -0.2) is 0 Å². The van der Waals surface area contributed by atoms with Crippen molar-refractivity contribution in [1.29, 1.82) is 0 Å². The molecule has 2 N–H and O–H groups in total. The summed E-state index contributed by atoms with van der Waals surface area (Å²) in [6, 6.07) is 5.52. The van der Waals surface area contributed by atoms with Gasteiger partial charge in [0.1, 0.15) is 0 Å². The van der Waals surface area contributed by atoms with E-state index in [0.717, 1.165) is 18.7 Å². The molecular formula is C15H20ClN3OS. The van der Waals surface area contributed by atoms with Gasteiger partial charge in [0.25, 0.3) is 5.91 Å². The predicted molar refractivity (Wildman–Crippen MR) is 89.9 cm³/mol. The minimum absolute atomic E-state index is 0.0273. The Morgan fingerprint density at radius 2 is 1.95 bits per heavy atom. The first kappa shape index (κ1) is 16.2. The molecule has 0 radical (unpaired) electrons. The molecule has 1 unspecified atom stereocenters. The lowest BCUT2D eigenvalue weighted by Gasteiger charge is -2.37. The van der Waals surface area contributed by atoms with E-state index in [2.05, 4.69) is 4.90 Å². The highest BCUT2D eigenvalue weighted by Gasteiger charge is 2.25. The molecule has 1 aliphatic rings. The van der Waals surface area contributed by atoms with E-state index in [9.17, 15) is 4.79 Å². The van der Waals surface area contributed by atoms with Gasteiger partial charge >= 0.3 is 0 Å². The number of halogens is 1. The first-order valence-electron chi connectivity index (χ1n) is 6.99. The quantitative estimate of drug-likeness (QED) is 0.864. The number of piperazine rings is 1. The normalized spacial score (nSPS) is 17.6. The monoisotopic (exact) mass is 325 g/mol. The zero-order valence-electron chi connectivity index (χ0n) is 12.3.